The molecule has 28 heavy (non-hydrogen) atoms. The highest BCUT2D eigenvalue weighted by molar-refractivity contribution is 5.13. The molecule has 10 nitrogen and oxygen atoms in total. The van der Waals surface area contributed by atoms with Crippen LogP contribution in [0.5, 0.6) is 0 Å². The Morgan fingerprint density at radius 2 is 1.61 bits per heavy atom. The van der Waals surface area contributed by atoms with Gasteiger partial charge in [-0.3, -0.25) is 0 Å². The lowest BCUT2D eigenvalue weighted by Gasteiger charge is -2.44. The molecule has 2 aliphatic rings. The Balaban J connectivity index is 1.72. The van der Waals surface area contributed by atoms with Gasteiger partial charge < -0.3 is 49.6 Å². The Morgan fingerprint density at radius 1 is 0.893 bits per heavy atom. The molecule has 0 aliphatic carbocycles. The van der Waals surface area contributed by atoms with Crippen molar-refractivity contribution in [2.45, 2.75) is 61.9 Å². The van der Waals surface area contributed by atoms with E-state index in [1.54, 1.807) is 0 Å². The first-order chi connectivity index (χ1) is 13.4. The van der Waals surface area contributed by atoms with Crippen LogP contribution in [-0.2, 0) is 25.6 Å². The fraction of sp³-hybridized carbons (Fsp3) is 0.667. The molecule has 2 saturated heterocycles. The van der Waals surface area contributed by atoms with Gasteiger partial charge in [0, 0.05) is 0 Å². The fourth-order valence-electron chi connectivity index (χ4n) is 3.14. The minimum absolute atomic E-state index is 0.0990. The average Bonchev–Trinajstić information content (AvgIpc) is 2.71. The van der Waals surface area contributed by atoms with E-state index in [9.17, 15) is 30.6 Å². The van der Waals surface area contributed by atoms with E-state index in [1.807, 2.05) is 30.3 Å². The highest BCUT2D eigenvalue weighted by atomic mass is 16.7. The molecule has 10 heteroatoms. The van der Waals surface area contributed by atoms with Gasteiger partial charge in [0.1, 0.15) is 42.7 Å². The quantitative estimate of drug-likeness (QED) is 0.300. The van der Waals surface area contributed by atoms with Gasteiger partial charge in [0.25, 0.3) is 0 Å². The Hall–Kier alpha value is -1.18. The highest BCUT2D eigenvalue weighted by Crippen LogP contribution is 2.28. The van der Waals surface area contributed by atoms with Crippen LogP contribution in [0.3, 0.4) is 0 Å². The Bertz CT molecular complexity index is 601. The minimum atomic E-state index is -1.58. The average molecular weight is 402 g/mol. The minimum Gasteiger partial charge on any atom is -0.394 e. The van der Waals surface area contributed by atoms with Gasteiger partial charge in [-0.1, -0.05) is 30.3 Å². The molecule has 3 rings (SSSR count). The maximum Gasteiger partial charge on any atom is 0.187 e. The molecular formula is C18H26O10. The topological polar surface area (TPSA) is 158 Å². The maximum absolute atomic E-state index is 10.4. The van der Waals surface area contributed by atoms with Gasteiger partial charge in [-0.25, -0.2) is 0 Å². The van der Waals surface area contributed by atoms with Gasteiger partial charge in [0.2, 0.25) is 0 Å². The molecule has 6 N–H and O–H groups in total. The number of hydrogen-bond acceptors (Lipinski definition) is 10. The van der Waals surface area contributed by atoms with Crippen molar-refractivity contribution < 1.29 is 49.6 Å². The second kappa shape index (κ2) is 9.55. The van der Waals surface area contributed by atoms with Gasteiger partial charge in [-0.05, 0) is 5.56 Å². The van der Waals surface area contributed by atoms with Gasteiger partial charge in [-0.15, -0.1) is 0 Å². The first-order valence-electron chi connectivity index (χ1n) is 9.01. The zero-order valence-electron chi connectivity index (χ0n) is 15.0. The smallest absolute Gasteiger partial charge is 0.187 e. The summed E-state index contributed by atoms with van der Waals surface area (Å²) in [6.07, 6.45) is -12.3. The standard InChI is InChI=1S/C18H26O10/c19-6-11-13(22)14(23)16(28-17-15(24)12(21)10(20)8-26-17)18(27-11)25-7-9-4-2-1-3-5-9/h1-5,10-24H,6-8H2/t10-,11+,12+,13+,14-,15-,16+,17+,18+/m1/s1. The number of rotatable bonds is 6. The summed E-state index contributed by atoms with van der Waals surface area (Å²) in [7, 11) is 0. The predicted octanol–water partition coefficient (Wildman–Crippen LogP) is -2.53. The number of aliphatic hydroxyl groups excluding tert-OH is 6. The van der Waals surface area contributed by atoms with E-state index in [4.69, 9.17) is 18.9 Å². The van der Waals surface area contributed by atoms with Crippen LogP contribution in [0.15, 0.2) is 30.3 Å². The third kappa shape index (κ3) is 4.69. The van der Waals surface area contributed by atoms with Gasteiger partial charge >= 0.3 is 0 Å². The first-order valence-corrected chi connectivity index (χ1v) is 9.01. The van der Waals surface area contributed by atoms with E-state index >= 15 is 0 Å². The van der Waals surface area contributed by atoms with Crippen molar-refractivity contribution in [2.75, 3.05) is 13.2 Å². The van der Waals surface area contributed by atoms with Crippen LogP contribution in [0.25, 0.3) is 0 Å². The molecule has 0 aromatic heterocycles. The van der Waals surface area contributed by atoms with E-state index in [-0.39, 0.29) is 13.2 Å². The molecule has 2 aliphatic heterocycles. The summed E-state index contributed by atoms with van der Waals surface area (Å²) in [5.74, 6) is 0. The lowest BCUT2D eigenvalue weighted by Crippen LogP contribution is -2.63. The maximum atomic E-state index is 10.4. The van der Waals surface area contributed by atoms with E-state index in [2.05, 4.69) is 0 Å². The largest absolute Gasteiger partial charge is 0.394 e. The molecule has 1 aromatic carbocycles. The van der Waals surface area contributed by atoms with Crippen LogP contribution >= 0.6 is 0 Å². The van der Waals surface area contributed by atoms with Crippen molar-refractivity contribution in [3.05, 3.63) is 35.9 Å². The second-order valence-corrected chi connectivity index (χ2v) is 6.85. The molecule has 0 bridgehead atoms. The van der Waals surface area contributed by atoms with E-state index < -0.39 is 61.9 Å². The summed E-state index contributed by atoms with van der Waals surface area (Å²) < 4.78 is 21.9. The third-order valence-electron chi connectivity index (χ3n) is 4.83. The van der Waals surface area contributed by atoms with E-state index in [1.165, 1.54) is 0 Å². The van der Waals surface area contributed by atoms with Gasteiger partial charge in [0.05, 0.1) is 19.8 Å². The molecule has 2 heterocycles. The zero-order chi connectivity index (χ0) is 20.3. The molecule has 158 valence electrons. The number of hydrogen-bond donors (Lipinski definition) is 6. The molecule has 0 unspecified atom stereocenters. The second-order valence-electron chi connectivity index (χ2n) is 6.85. The lowest BCUT2D eigenvalue weighted by atomic mass is 9.98. The summed E-state index contributed by atoms with van der Waals surface area (Å²) in [4.78, 5) is 0. The van der Waals surface area contributed by atoms with Gasteiger partial charge in [0.15, 0.2) is 12.6 Å². The van der Waals surface area contributed by atoms with Crippen LogP contribution < -0.4 is 0 Å². The predicted molar refractivity (Wildman–Crippen MR) is 91.6 cm³/mol. The van der Waals surface area contributed by atoms with E-state index in [0.29, 0.717) is 0 Å². The van der Waals surface area contributed by atoms with Crippen LogP contribution in [0.1, 0.15) is 5.56 Å². The molecule has 0 amide bonds. The van der Waals surface area contributed by atoms with Crippen molar-refractivity contribution in [3.63, 3.8) is 0 Å². The fourth-order valence-corrected chi connectivity index (χ4v) is 3.14. The van der Waals surface area contributed by atoms with Crippen molar-refractivity contribution in [2.24, 2.45) is 0 Å². The SMILES string of the molecule is OC[C@@H]1O[C@H](OCc2ccccc2)[C@@H](O[C@@H]2OC[C@@H](O)[C@H](O)[C@H]2O)[C@H](O)[C@H]1O. The summed E-state index contributed by atoms with van der Waals surface area (Å²) in [5, 5.41) is 59.4. The normalized spacial score (nSPS) is 41.7. The van der Waals surface area contributed by atoms with Crippen LogP contribution in [0.2, 0.25) is 0 Å². The number of benzene rings is 1. The molecule has 9 atom stereocenters. The number of aliphatic hydroxyl groups is 6. The Morgan fingerprint density at radius 3 is 2.29 bits per heavy atom. The summed E-state index contributed by atoms with van der Waals surface area (Å²) in [5.41, 5.74) is 0.818. The highest BCUT2D eigenvalue weighted by Gasteiger charge is 2.49. The number of ether oxygens (including phenoxy) is 4. The lowest BCUT2D eigenvalue weighted by molar-refractivity contribution is -0.358. The Labute approximate surface area is 161 Å². The van der Waals surface area contributed by atoms with Crippen molar-refractivity contribution >= 4 is 0 Å². The summed E-state index contributed by atoms with van der Waals surface area (Å²) in [6, 6.07) is 9.12. The summed E-state index contributed by atoms with van der Waals surface area (Å²) in [6.45, 7) is -0.741. The monoisotopic (exact) mass is 402 g/mol. The zero-order valence-corrected chi connectivity index (χ0v) is 15.0. The molecule has 0 radical (unpaired) electrons. The third-order valence-corrected chi connectivity index (χ3v) is 4.83. The molecular weight excluding hydrogens is 376 g/mol. The summed E-state index contributed by atoms with van der Waals surface area (Å²) >= 11 is 0. The molecule has 1 aromatic rings. The Kier molecular flexibility index (Phi) is 7.34. The van der Waals surface area contributed by atoms with Crippen molar-refractivity contribution in [3.8, 4) is 0 Å². The van der Waals surface area contributed by atoms with Crippen LogP contribution in [-0.4, -0.2) is 99.2 Å². The van der Waals surface area contributed by atoms with Crippen LogP contribution in [0, 0.1) is 0 Å². The first kappa shape index (κ1) is 21.5. The van der Waals surface area contributed by atoms with Crippen molar-refractivity contribution in [1.29, 1.82) is 0 Å². The van der Waals surface area contributed by atoms with Crippen molar-refractivity contribution in [1.82, 2.24) is 0 Å². The van der Waals surface area contributed by atoms with Gasteiger partial charge in [-0.2, -0.15) is 0 Å². The molecule has 2 fully saturated rings. The van der Waals surface area contributed by atoms with E-state index in [0.717, 1.165) is 5.56 Å². The molecule has 0 saturated carbocycles. The van der Waals surface area contributed by atoms with Crippen LogP contribution in [0.4, 0.5) is 0 Å². The molecule has 0 spiro atoms.